The Morgan fingerprint density at radius 3 is 2.56 bits per heavy atom. The lowest BCUT2D eigenvalue weighted by Crippen LogP contribution is -2.37. The van der Waals surface area contributed by atoms with Crippen LogP contribution in [0.3, 0.4) is 0 Å². The SMILES string of the molecule is Cn1c(=O)c2c(ncn2CCCC(=O)Nc2ccc(NCc3ccccc3)c(Cl)c2)n(C)c1=O. The second-order valence-electron chi connectivity index (χ2n) is 8.00. The maximum absolute atomic E-state index is 12.5. The van der Waals surface area contributed by atoms with E-state index in [9.17, 15) is 14.4 Å². The lowest BCUT2D eigenvalue weighted by atomic mass is 10.2. The number of fused-ring (bicyclic) bond motifs is 1. The van der Waals surface area contributed by atoms with E-state index in [0.717, 1.165) is 15.8 Å². The monoisotopic (exact) mass is 480 g/mol. The van der Waals surface area contributed by atoms with Gasteiger partial charge in [0.15, 0.2) is 11.2 Å². The van der Waals surface area contributed by atoms with Crippen molar-refractivity contribution in [1.29, 1.82) is 0 Å². The van der Waals surface area contributed by atoms with Gasteiger partial charge in [0.05, 0.1) is 17.0 Å². The summed E-state index contributed by atoms with van der Waals surface area (Å²) in [6.45, 7) is 1.06. The third-order valence-electron chi connectivity index (χ3n) is 5.60. The molecule has 0 unspecified atom stereocenters. The van der Waals surface area contributed by atoms with Gasteiger partial charge in [-0.3, -0.25) is 18.7 Å². The molecule has 0 aliphatic rings. The standard InChI is InChI=1S/C24H25ClN6O3/c1-29-22-21(23(33)30(2)24(29)34)31(15-27-22)12-6-9-20(32)28-17-10-11-19(18(25)13-17)26-14-16-7-4-3-5-8-16/h3-5,7-8,10-11,13,15,26H,6,9,12,14H2,1-2H3,(H,28,32). The Balaban J connectivity index is 1.33. The van der Waals surface area contributed by atoms with Crippen LogP contribution >= 0.6 is 11.6 Å². The van der Waals surface area contributed by atoms with Crippen LogP contribution < -0.4 is 21.9 Å². The molecule has 0 aliphatic carbocycles. The predicted octanol–water partition coefficient (Wildman–Crippen LogP) is 3.12. The van der Waals surface area contributed by atoms with Gasteiger partial charge in [-0.25, -0.2) is 9.78 Å². The summed E-state index contributed by atoms with van der Waals surface area (Å²) in [5.74, 6) is -0.161. The molecule has 10 heteroatoms. The van der Waals surface area contributed by atoms with Crippen molar-refractivity contribution in [2.45, 2.75) is 25.9 Å². The lowest BCUT2D eigenvalue weighted by Gasteiger charge is -2.11. The Kier molecular flexibility index (Phi) is 6.83. The summed E-state index contributed by atoms with van der Waals surface area (Å²) >= 11 is 6.38. The Morgan fingerprint density at radius 2 is 1.82 bits per heavy atom. The number of anilines is 2. The van der Waals surface area contributed by atoms with E-state index >= 15 is 0 Å². The fourth-order valence-electron chi connectivity index (χ4n) is 3.73. The first-order valence-corrected chi connectivity index (χ1v) is 11.2. The van der Waals surface area contributed by atoms with Crippen LogP contribution in [0.25, 0.3) is 11.2 Å². The maximum Gasteiger partial charge on any atom is 0.332 e. The highest BCUT2D eigenvalue weighted by molar-refractivity contribution is 6.33. The van der Waals surface area contributed by atoms with Crippen molar-refractivity contribution in [2.24, 2.45) is 14.1 Å². The van der Waals surface area contributed by atoms with E-state index in [0.29, 0.717) is 41.4 Å². The highest BCUT2D eigenvalue weighted by atomic mass is 35.5. The molecule has 34 heavy (non-hydrogen) atoms. The first-order valence-electron chi connectivity index (χ1n) is 10.8. The van der Waals surface area contributed by atoms with Crippen molar-refractivity contribution in [1.82, 2.24) is 18.7 Å². The van der Waals surface area contributed by atoms with Crippen LogP contribution in [0.15, 0.2) is 64.4 Å². The highest BCUT2D eigenvalue weighted by Crippen LogP contribution is 2.26. The van der Waals surface area contributed by atoms with Crippen LogP contribution in [-0.4, -0.2) is 24.6 Å². The van der Waals surface area contributed by atoms with Gasteiger partial charge in [-0.1, -0.05) is 41.9 Å². The van der Waals surface area contributed by atoms with Gasteiger partial charge in [0, 0.05) is 39.3 Å². The zero-order chi connectivity index (χ0) is 24.2. The minimum absolute atomic E-state index is 0.161. The van der Waals surface area contributed by atoms with Gasteiger partial charge in [0.1, 0.15) is 0 Å². The number of amides is 1. The van der Waals surface area contributed by atoms with Gasteiger partial charge in [0.2, 0.25) is 5.91 Å². The lowest BCUT2D eigenvalue weighted by molar-refractivity contribution is -0.116. The van der Waals surface area contributed by atoms with Gasteiger partial charge < -0.3 is 15.2 Å². The van der Waals surface area contributed by atoms with Crippen LogP contribution in [0.5, 0.6) is 0 Å². The summed E-state index contributed by atoms with van der Waals surface area (Å²) in [6, 6.07) is 15.3. The molecular weight excluding hydrogens is 456 g/mol. The molecule has 0 spiro atoms. The molecule has 0 saturated carbocycles. The molecule has 2 N–H and O–H groups in total. The average Bonchev–Trinajstić information content (AvgIpc) is 3.25. The fourth-order valence-corrected chi connectivity index (χ4v) is 3.98. The van der Waals surface area contributed by atoms with E-state index < -0.39 is 11.2 Å². The number of halogens is 1. The summed E-state index contributed by atoms with van der Waals surface area (Å²) in [4.78, 5) is 41.2. The summed E-state index contributed by atoms with van der Waals surface area (Å²) in [5.41, 5.74) is 2.37. The van der Waals surface area contributed by atoms with Crippen LogP contribution in [0.4, 0.5) is 11.4 Å². The molecule has 0 saturated heterocycles. The second kappa shape index (κ2) is 9.96. The Labute approximate surface area is 200 Å². The number of rotatable bonds is 8. The molecule has 176 valence electrons. The van der Waals surface area contributed by atoms with E-state index in [1.807, 2.05) is 36.4 Å². The molecule has 4 rings (SSSR count). The fraction of sp³-hybridized carbons (Fsp3) is 0.250. The van der Waals surface area contributed by atoms with Crippen molar-refractivity contribution in [3.05, 3.63) is 86.3 Å². The largest absolute Gasteiger partial charge is 0.380 e. The molecular formula is C24H25ClN6O3. The Bertz CT molecular complexity index is 1460. The minimum atomic E-state index is -0.429. The first kappa shape index (κ1) is 23.3. The molecule has 0 radical (unpaired) electrons. The van der Waals surface area contributed by atoms with E-state index in [1.165, 1.54) is 17.9 Å². The number of imidazole rings is 1. The molecule has 0 aliphatic heterocycles. The van der Waals surface area contributed by atoms with E-state index in [-0.39, 0.29) is 12.3 Å². The van der Waals surface area contributed by atoms with Crippen LogP contribution in [0, 0.1) is 0 Å². The van der Waals surface area contributed by atoms with Gasteiger partial charge in [-0.2, -0.15) is 0 Å². The number of aryl methyl sites for hydroxylation is 2. The smallest absolute Gasteiger partial charge is 0.332 e. The third kappa shape index (κ3) is 4.89. The molecule has 0 atom stereocenters. The topological polar surface area (TPSA) is 103 Å². The van der Waals surface area contributed by atoms with Crippen molar-refractivity contribution in [3.63, 3.8) is 0 Å². The Morgan fingerprint density at radius 1 is 1.06 bits per heavy atom. The zero-order valence-corrected chi connectivity index (χ0v) is 19.7. The minimum Gasteiger partial charge on any atom is -0.380 e. The number of benzene rings is 2. The summed E-state index contributed by atoms with van der Waals surface area (Å²) in [7, 11) is 3.00. The molecule has 2 heterocycles. The van der Waals surface area contributed by atoms with Crippen molar-refractivity contribution in [2.75, 3.05) is 10.6 Å². The quantitative estimate of drug-likeness (QED) is 0.403. The van der Waals surface area contributed by atoms with Gasteiger partial charge in [-0.05, 0) is 30.2 Å². The summed E-state index contributed by atoms with van der Waals surface area (Å²) in [6.07, 6.45) is 2.26. The zero-order valence-electron chi connectivity index (χ0n) is 18.9. The third-order valence-corrected chi connectivity index (χ3v) is 5.91. The molecule has 4 aromatic rings. The number of aromatic nitrogens is 4. The van der Waals surface area contributed by atoms with Gasteiger partial charge in [0.25, 0.3) is 5.56 Å². The second-order valence-corrected chi connectivity index (χ2v) is 8.41. The number of hydrogen-bond donors (Lipinski definition) is 2. The van der Waals surface area contributed by atoms with E-state index in [4.69, 9.17) is 11.6 Å². The maximum atomic E-state index is 12.5. The highest BCUT2D eigenvalue weighted by Gasteiger charge is 2.14. The molecule has 2 aromatic carbocycles. The molecule has 2 aromatic heterocycles. The van der Waals surface area contributed by atoms with E-state index in [2.05, 4.69) is 15.6 Å². The summed E-state index contributed by atoms with van der Waals surface area (Å²) in [5, 5.41) is 6.65. The molecule has 0 bridgehead atoms. The number of carbonyl (C=O) groups excluding carboxylic acids is 1. The number of nitrogens with one attached hydrogen (secondary N) is 2. The van der Waals surface area contributed by atoms with Crippen molar-refractivity contribution < 1.29 is 4.79 Å². The number of hydrogen-bond acceptors (Lipinski definition) is 5. The average molecular weight is 481 g/mol. The van der Waals surface area contributed by atoms with Crippen LogP contribution in [0.2, 0.25) is 5.02 Å². The van der Waals surface area contributed by atoms with E-state index in [1.54, 1.807) is 23.7 Å². The van der Waals surface area contributed by atoms with Crippen molar-refractivity contribution in [3.8, 4) is 0 Å². The van der Waals surface area contributed by atoms with Gasteiger partial charge in [-0.15, -0.1) is 0 Å². The predicted molar refractivity (Wildman–Crippen MR) is 133 cm³/mol. The molecule has 9 nitrogen and oxygen atoms in total. The van der Waals surface area contributed by atoms with Gasteiger partial charge >= 0.3 is 5.69 Å². The number of nitrogens with zero attached hydrogens (tertiary/aromatic N) is 4. The normalized spacial score (nSPS) is 11.0. The Hall–Kier alpha value is -3.85. The summed E-state index contributed by atoms with van der Waals surface area (Å²) < 4.78 is 4.06. The van der Waals surface area contributed by atoms with Crippen LogP contribution in [-0.2, 0) is 32.0 Å². The molecule has 1 amide bonds. The van der Waals surface area contributed by atoms with Crippen LogP contribution in [0.1, 0.15) is 18.4 Å². The first-order chi connectivity index (χ1) is 16.3. The molecule has 0 fully saturated rings. The number of carbonyl (C=O) groups is 1. The van der Waals surface area contributed by atoms with Crippen molar-refractivity contribution >= 4 is 40.0 Å².